The number of primary amides is 1. The molecule has 1 aromatic heterocycles. The highest BCUT2D eigenvalue weighted by Crippen LogP contribution is 2.54. The molecule has 0 spiro atoms. The first-order valence-electron chi connectivity index (χ1n) is 10.9. The molecule has 1 aromatic carbocycles. The molecule has 1 aliphatic heterocycles. The number of halogens is 1. The van der Waals surface area contributed by atoms with Crippen LogP contribution in [0.2, 0.25) is 0 Å². The van der Waals surface area contributed by atoms with Crippen LogP contribution in [0.5, 0.6) is 0 Å². The maximum atomic E-state index is 13.2. The zero-order chi connectivity index (χ0) is 24.5. The summed E-state index contributed by atoms with van der Waals surface area (Å²) in [6, 6.07) is 8.85. The lowest BCUT2D eigenvalue weighted by Gasteiger charge is -2.42. The normalized spacial score (nSPS) is 22.9. The van der Waals surface area contributed by atoms with Crippen LogP contribution in [0.1, 0.15) is 48.5 Å². The van der Waals surface area contributed by atoms with Crippen LogP contribution >= 0.6 is 0 Å². The number of hydrogen-bond donors (Lipinski definition) is 3. The van der Waals surface area contributed by atoms with Gasteiger partial charge in [-0.15, -0.1) is 0 Å². The SMILES string of the molecule is N#CCC1(CC2[C@H](C#N)[C@@H](n3cc(C(N)=O)c(Nc4ccc(F)cc4)n3)CCN2C(=O)O)CC1. The molecule has 1 unspecified atom stereocenters. The number of piperidine rings is 1. The molecule has 2 amide bonds. The quantitative estimate of drug-likeness (QED) is 0.564. The molecule has 2 aliphatic rings. The first kappa shape index (κ1) is 23.1. The third kappa shape index (κ3) is 4.50. The van der Waals surface area contributed by atoms with E-state index in [9.17, 15) is 29.6 Å². The highest BCUT2D eigenvalue weighted by molar-refractivity contribution is 5.98. The first-order chi connectivity index (χ1) is 16.3. The standard InChI is InChI=1S/C23H24FN7O3/c24-14-1-3-15(4-2-14)28-21-17(20(27)32)13-31(29-21)18-5-10-30(22(33)34)19(16(18)12-26)11-23(6-7-23)8-9-25/h1-4,13,16,18-19H,5-8,10-11H2,(H2,27,32)(H,28,29)(H,33,34)/t16-,18+,19?/m1/s1. The Morgan fingerprint density at radius 1 is 1.29 bits per heavy atom. The van der Waals surface area contributed by atoms with Gasteiger partial charge in [-0.05, 0) is 55.4 Å². The number of anilines is 2. The van der Waals surface area contributed by atoms with Crippen LogP contribution in [0.4, 0.5) is 20.7 Å². The van der Waals surface area contributed by atoms with Gasteiger partial charge in [-0.25, -0.2) is 9.18 Å². The van der Waals surface area contributed by atoms with Crippen molar-refractivity contribution in [2.45, 2.75) is 44.2 Å². The van der Waals surface area contributed by atoms with E-state index in [1.165, 1.54) is 40.0 Å². The number of carboxylic acid groups (broad SMARTS) is 1. The third-order valence-electron chi connectivity index (χ3n) is 6.79. The van der Waals surface area contributed by atoms with Crippen LogP contribution in [-0.2, 0) is 0 Å². The molecule has 2 aromatic rings. The number of carbonyl (C=O) groups excluding carboxylic acids is 1. The van der Waals surface area contributed by atoms with E-state index in [1.54, 1.807) is 0 Å². The van der Waals surface area contributed by atoms with Gasteiger partial charge in [0.05, 0.1) is 30.1 Å². The molecule has 10 nitrogen and oxygen atoms in total. The summed E-state index contributed by atoms with van der Waals surface area (Å²) in [5, 5.41) is 36.4. The van der Waals surface area contributed by atoms with Crippen LogP contribution in [0.3, 0.4) is 0 Å². The fourth-order valence-electron chi connectivity index (χ4n) is 4.76. The summed E-state index contributed by atoms with van der Waals surface area (Å²) in [5.41, 5.74) is 5.88. The van der Waals surface area contributed by atoms with Crippen molar-refractivity contribution >= 4 is 23.5 Å². The zero-order valence-corrected chi connectivity index (χ0v) is 18.3. The zero-order valence-electron chi connectivity index (χ0n) is 18.3. The molecule has 4 N–H and O–H groups in total. The van der Waals surface area contributed by atoms with Crippen LogP contribution in [0, 0.1) is 39.8 Å². The molecule has 11 heteroatoms. The first-order valence-corrected chi connectivity index (χ1v) is 10.9. The molecule has 1 aliphatic carbocycles. The van der Waals surface area contributed by atoms with Gasteiger partial charge in [0.15, 0.2) is 5.82 Å². The molecule has 2 heterocycles. The number of hydrogen-bond acceptors (Lipinski definition) is 6. The summed E-state index contributed by atoms with van der Waals surface area (Å²) in [6.45, 7) is 0.192. The molecule has 0 radical (unpaired) electrons. The number of rotatable bonds is 7. The molecule has 1 saturated heterocycles. The summed E-state index contributed by atoms with van der Waals surface area (Å²) in [5.74, 6) is -1.71. The second-order valence-electron chi connectivity index (χ2n) is 8.96. The van der Waals surface area contributed by atoms with Crippen molar-refractivity contribution in [1.29, 1.82) is 10.5 Å². The Morgan fingerprint density at radius 3 is 2.56 bits per heavy atom. The lowest BCUT2D eigenvalue weighted by Crippen LogP contribution is -2.52. The van der Waals surface area contributed by atoms with Crippen LogP contribution in [-0.4, -0.2) is 44.4 Å². The van der Waals surface area contributed by atoms with Crippen LogP contribution in [0.25, 0.3) is 0 Å². The number of nitrogens with one attached hydrogen (secondary N) is 1. The molecule has 0 bridgehead atoms. The van der Waals surface area contributed by atoms with E-state index in [0.717, 1.165) is 12.8 Å². The van der Waals surface area contributed by atoms with E-state index in [1.807, 2.05) is 0 Å². The summed E-state index contributed by atoms with van der Waals surface area (Å²) >= 11 is 0. The van der Waals surface area contributed by atoms with Gasteiger partial charge in [0, 0.05) is 24.8 Å². The minimum absolute atomic E-state index is 0.0985. The molecular formula is C23H24FN7O3. The van der Waals surface area contributed by atoms with Gasteiger partial charge >= 0.3 is 6.09 Å². The molecule has 2 fully saturated rings. The van der Waals surface area contributed by atoms with Crippen molar-refractivity contribution in [3.8, 4) is 12.1 Å². The van der Waals surface area contributed by atoms with Gasteiger partial charge in [0.1, 0.15) is 11.4 Å². The largest absolute Gasteiger partial charge is 0.465 e. The summed E-state index contributed by atoms with van der Waals surface area (Å²) in [6.07, 6.45) is 3.07. The van der Waals surface area contributed by atoms with E-state index < -0.39 is 35.8 Å². The van der Waals surface area contributed by atoms with Gasteiger partial charge in [-0.3, -0.25) is 9.48 Å². The maximum Gasteiger partial charge on any atom is 0.407 e. The summed E-state index contributed by atoms with van der Waals surface area (Å²) < 4.78 is 14.7. The molecule has 34 heavy (non-hydrogen) atoms. The van der Waals surface area contributed by atoms with Gasteiger partial charge in [-0.1, -0.05) is 0 Å². The molecule has 1 saturated carbocycles. The highest BCUT2D eigenvalue weighted by Gasteiger charge is 2.50. The predicted octanol–water partition coefficient (Wildman–Crippen LogP) is 3.38. The van der Waals surface area contributed by atoms with Crippen molar-refractivity contribution in [2.24, 2.45) is 17.1 Å². The Kier molecular flexibility index (Phi) is 6.12. The topological polar surface area (TPSA) is 161 Å². The molecule has 4 rings (SSSR count). The van der Waals surface area contributed by atoms with E-state index in [2.05, 4.69) is 22.6 Å². The van der Waals surface area contributed by atoms with Gasteiger partial charge in [0.2, 0.25) is 0 Å². The van der Waals surface area contributed by atoms with Crippen LogP contribution < -0.4 is 11.1 Å². The minimum atomic E-state index is -1.10. The number of amides is 2. The number of nitriles is 2. The number of benzene rings is 1. The lowest BCUT2D eigenvalue weighted by molar-refractivity contribution is 0.0535. The molecular weight excluding hydrogens is 441 g/mol. The Morgan fingerprint density at radius 2 is 2.00 bits per heavy atom. The third-order valence-corrected chi connectivity index (χ3v) is 6.79. The Balaban J connectivity index is 1.65. The smallest absolute Gasteiger partial charge is 0.407 e. The maximum absolute atomic E-state index is 13.2. The number of likely N-dealkylation sites (tertiary alicyclic amines) is 1. The van der Waals surface area contributed by atoms with E-state index in [4.69, 9.17) is 5.73 Å². The Labute approximate surface area is 195 Å². The minimum Gasteiger partial charge on any atom is -0.465 e. The average molecular weight is 465 g/mol. The number of aromatic nitrogens is 2. The lowest BCUT2D eigenvalue weighted by atomic mass is 9.79. The van der Waals surface area contributed by atoms with Crippen molar-refractivity contribution in [3.63, 3.8) is 0 Å². The Hall–Kier alpha value is -4.12. The number of nitrogens with zero attached hydrogens (tertiary/aromatic N) is 5. The monoisotopic (exact) mass is 465 g/mol. The summed E-state index contributed by atoms with van der Waals surface area (Å²) in [4.78, 5) is 25.3. The predicted molar refractivity (Wildman–Crippen MR) is 118 cm³/mol. The highest BCUT2D eigenvalue weighted by atomic mass is 19.1. The fourth-order valence-corrected chi connectivity index (χ4v) is 4.76. The van der Waals surface area contributed by atoms with Crippen molar-refractivity contribution in [1.82, 2.24) is 14.7 Å². The van der Waals surface area contributed by atoms with Crippen molar-refractivity contribution in [3.05, 3.63) is 41.8 Å². The van der Waals surface area contributed by atoms with Crippen molar-refractivity contribution in [2.75, 3.05) is 11.9 Å². The second-order valence-corrected chi connectivity index (χ2v) is 8.96. The van der Waals surface area contributed by atoms with Crippen LogP contribution in [0.15, 0.2) is 30.5 Å². The van der Waals surface area contributed by atoms with E-state index in [0.29, 0.717) is 24.9 Å². The summed E-state index contributed by atoms with van der Waals surface area (Å²) in [7, 11) is 0. The van der Waals surface area contributed by atoms with Gasteiger partial charge in [0.25, 0.3) is 5.91 Å². The number of carbonyl (C=O) groups is 2. The molecule has 3 atom stereocenters. The van der Waals surface area contributed by atoms with Crippen molar-refractivity contribution < 1.29 is 19.1 Å². The van der Waals surface area contributed by atoms with Gasteiger partial charge in [-0.2, -0.15) is 15.6 Å². The van der Waals surface area contributed by atoms with Gasteiger partial charge < -0.3 is 21.1 Å². The molecule has 176 valence electrons. The fraction of sp³-hybridized carbons (Fsp3) is 0.435. The second kappa shape index (κ2) is 9.02. The van der Waals surface area contributed by atoms with E-state index in [-0.39, 0.29) is 23.3 Å². The van der Waals surface area contributed by atoms with E-state index >= 15 is 0 Å². The Bertz CT molecular complexity index is 1180. The average Bonchev–Trinajstić information content (AvgIpc) is 3.42. The number of nitrogens with two attached hydrogens (primary N) is 1.